The van der Waals surface area contributed by atoms with Gasteiger partial charge in [-0.2, -0.15) is 0 Å². The predicted octanol–water partition coefficient (Wildman–Crippen LogP) is 5.17. The van der Waals surface area contributed by atoms with Crippen molar-refractivity contribution in [3.63, 3.8) is 0 Å². The second kappa shape index (κ2) is 17.0. The number of pyridine rings is 1. The zero-order chi connectivity index (χ0) is 35.6. The molecular weight excluding hydrogens is 640 g/mol. The standard InChI is InChI=1S/C38H46N4O8/c1-4-49-36(44)29-19-25(29)15-9-6-5-7-12-16-30(37(45)48-3)41-38(46)42-23-27(21-33(42)35(39)43)50-34-22-31(24-13-10-8-11-14-24)40-32-20-26(47-2)17-18-28(32)34/h8-11,13-15,17-18,20,22,25,27,29-30,33H,4-7,12,16,19,21,23H2,1-3H3,(H2,39,43)(H,41,46)/b15-9-/t25-,27-,29+,30?,33+/m1/s1. The number of rotatable bonds is 16. The Morgan fingerprint density at radius 3 is 2.56 bits per heavy atom. The molecule has 12 nitrogen and oxygen atoms in total. The average molecular weight is 687 g/mol. The monoisotopic (exact) mass is 686 g/mol. The number of nitrogens with zero attached hydrogens (tertiary/aromatic N) is 2. The number of likely N-dealkylation sites (tertiary alicyclic amines) is 1. The molecule has 1 aliphatic heterocycles. The Morgan fingerprint density at radius 1 is 1.04 bits per heavy atom. The zero-order valence-electron chi connectivity index (χ0n) is 28.8. The molecule has 2 aliphatic rings. The van der Waals surface area contributed by atoms with E-state index in [0.29, 0.717) is 42.2 Å². The first kappa shape index (κ1) is 36.2. The third-order valence-corrected chi connectivity index (χ3v) is 9.15. The smallest absolute Gasteiger partial charge is 0.328 e. The Hall–Kier alpha value is -5.13. The van der Waals surface area contributed by atoms with Gasteiger partial charge in [0.25, 0.3) is 0 Å². The number of primary amides is 1. The summed E-state index contributed by atoms with van der Waals surface area (Å²) in [5.41, 5.74) is 8.02. The van der Waals surface area contributed by atoms with Crippen LogP contribution in [0, 0.1) is 11.8 Å². The minimum atomic E-state index is -0.929. The van der Waals surface area contributed by atoms with Crippen LogP contribution < -0.4 is 20.5 Å². The minimum Gasteiger partial charge on any atom is -0.497 e. The lowest BCUT2D eigenvalue weighted by Crippen LogP contribution is -2.52. The van der Waals surface area contributed by atoms with E-state index >= 15 is 0 Å². The summed E-state index contributed by atoms with van der Waals surface area (Å²) in [6.07, 6.45) is 8.27. The fourth-order valence-corrected chi connectivity index (χ4v) is 6.34. The summed E-state index contributed by atoms with van der Waals surface area (Å²) < 4.78 is 22.0. The van der Waals surface area contributed by atoms with E-state index in [-0.39, 0.29) is 30.8 Å². The number of allylic oxidation sites excluding steroid dienone is 2. The van der Waals surface area contributed by atoms with Gasteiger partial charge in [-0.25, -0.2) is 14.6 Å². The maximum atomic E-state index is 13.5. The molecular formula is C38H46N4O8. The summed E-state index contributed by atoms with van der Waals surface area (Å²) in [7, 11) is 2.87. The van der Waals surface area contributed by atoms with Gasteiger partial charge >= 0.3 is 18.0 Å². The number of aromatic nitrogens is 1. The number of urea groups is 1. The highest BCUT2D eigenvalue weighted by atomic mass is 16.5. The molecule has 2 aromatic carbocycles. The highest BCUT2D eigenvalue weighted by Crippen LogP contribution is 2.40. The second-order valence-electron chi connectivity index (χ2n) is 12.7. The molecule has 0 spiro atoms. The van der Waals surface area contributed by atoms with E-state index in [1.807, 2.05) is 61.5 Å². The zero-order valence-corrected chi connectivity index (χ0v) is 28.8. The molecule has 5 atom stereocenters. The van der Waals surface area contributed by atoms with E-state index in [1.165, 1.54) is 12.0 Å². The molecule has 1 saturated heterocycles. The van der Waals surface area contributed by atoms with Crippen molar-refractivity contribution >= 4 is 34.8 Å². The second-order valence-corrected chi connectivity index (χ2v) is 12.7. The molecule has 12 heteroatoms. The van der Waals surface area contributed by atoms with Gasteiger partial charge in [0.15, 0.2) is 0 Å². The maximum Gasteiger partial charge on any atom is 0.328 e. The van der Waals surface area contributed by atoms with Gasteiger partial charge in [-0.3, -0.25) is 9.59 Å². The largest absolute Gasteiger partial charge is 0.497 e. The molecule has 1 saturated carbocycles. The van der Waals surface area contributed by atoms with Crippen LogP contribution in [0.1, 0.15) is 51.9 Å². The van der Waals surface area contributed by atoms with Crippen LogP contribution in [-0.2, 0) is 23.9 Å². The molecule has 50 heavy (non-hydrogen) atoms. The van der Waals surface area contributed by atoms with Gasteiger partial charge < -0.3 is 34.9 Å². The number of ether oxygens (including phenoxy) is 4. The molecule has 1 aromatic heterocycles. The lowest BCUT2D eigenvalue weighted by atomic mass is 10.1. The maximum absolute atomic E-state index is 13.5. The van der Waals surface area contributed by atoms with E-state index in [4.69, 9.17) is 29.7 Å². The van der Waals surface area contributed by atoms with E-state index < -0.39 is 36.1 Å². The summed E-state index contributed by atoms with van der Waals surface area (Å²) in [5, 5.41) is 3.52. The molecule has 0 radical (unpaired) electrons. The average Bonchev–Trinajstić information content (AvgIpc) is 3.78. The van der Waals surface area contributed by atoms with E-state index in [9.17, 15) is 19.2 Å². The van der Waals surface area contributed by atoms with Crippen molar-refractivity contribution in [1.82, 2.24) is 15.2 Å². The van der Waals surface area contributed by atoms with Gasteiger partial charge in [-0.1, -0.05) is 55.3 Å². The Bertz CT molecular complexity index is 1700. The summed E-state index contributed by atoms with van der Waals surface area (Å²) >= 11 is 0. The predicted molar refractivity (Wildman–Crippen MR) is 187 cm³/mol. The number of methoxy groups -OCH3 is 2. The fourth-order valence-electron chi connectivity index (χ4n) is 6.34. The molecule has 1 unspecified atom stereocenters. The molecule has 3 N–H and O–H groups in total. The highest BCUT2D eigenvalue weighted by molar-refractivity contribution is 5.90. The Balaban J connectivity index is 1.19. The number of hydrogen-bond donors (Lipinski definition) is 2. The van der Waals surface area contributed by atoms with E-state index in [0.717, 1.165) is 36.6 Å². The fraction of sp³-hybridized carbons (Fsp3) is 0.447. The quantitative estimate of drug-likeness (QED) is 0.118. The van der Waals surface area contributed by atoms with Gasteiger partial charge in [0.1, 0.15) is 29.7 Å². The molecule has 3 amide bonds. The molecule has 2 heterocycles. The van der Waals surface area contributed by atoms with Gasteiger partial charge in [0.2, 0.25) is 5.91 Å². The Labute approximate surface area is 292 Å². The summed E-state index contributed by atoms with van der Waals surface area (Å²) in [6, 6.07) is 14.6. The molecule has 0 bridgehead atoms. The van der Waals surface area contributed by atoms with Crippen LogP contribution in [0.25, 0.3) is 22.2 Å². The number of esters is 2. The van der Waals surface area contributed by atoms with Crippen molar-refractivity contribution in [2.24, 2.45) is 17.6 Å². The van der Waals surface area contributed by atoms with Crippen molar-refractivity contribution in [3.05, 3.63) is 66.7 Å². The normalized spacial score (nSPS) is 20.3. The lowest BCUT2D eigenvalue weighted by Gasteiger charge is -2.25. The van der Waals surface area contributed by atoms with Crippen LogP contribution in [-0.4, -0.2) is 79.3 Å². The van der Waals surface area contributed by atoms with E-state index in [1.54, 1.807) is 7.11 Å². The first-order valence-corrected chi connectivity index (χ1v) is 17.2. The summed E-state index contributed by atoms with van der Waals surface area (Å²) in [4.78, 5) is 56.7. The number of carbonyl (C=O) groups excluding carboxylic acids is 4. The van der Waals surface area contributed by atoms with Gasteiger partial charge in [-0.05, 0) is 50.7 Å². The van der Waals surface area contributed by atoms with Gasteiger partial charge in [-0.15, -0.1) is 0 Å². The number of benzene rings is 2. The molecule has 266 valence electrons. The molecule has 2 fully saturated rings. The number of nitrogens with one attached hydrogen (secondary N) is 1. The van der Waals surface area contributed by atoms with Crippen molar-refractivity contribution in [1.29, 1.82) is 0 Å². The van der Waals surface area contributed by atoms with Crippen LogP contribution in [0.4, 0.5) is 4.79 Å². The first-order chi connectivity index (χ1) is 24.2. The molecule has 1 aliphatic carbocycles. The third-order valence-electron chi connectivity index (χ3n) is 9.15. The molecule has 5 rings (SSSR count). The Morgan fingerprint density at radius 2 is 1.84 bits per heavy atom. The molecule has 3 aromatic rings. The topological polar surface area (TPSA) is 159 Å². The minimum absolute atomic E-state index is 0.0186. The number of fused-ring (bicyclic) bond motifs is 1. The first-order valence-electron chi connectivity index (χ1n) is 17.2. The Kier molecular flexibility index (Phi) is 12.3. The third kappa shape index (κ3) is 9.10. The number of carbonyl (C=O) groups is 4. The van der Waals surface area contributed by atoms with Crippen LogP contribution in [0.2, 0.25) is 0 Å². The highest BCUT2D eigenvalue weighted by Gasteiger charge is 2.42. The van der Waals surface area contributed by atoms with E-state index in [2.05, 4.69) is 17.5 Å². The van der Waals surface area contributed by atoms with Crippen molar-refractivity contribution in [3.8, 4) is 22.8 Å². The lowest BCUT2D eigenvalue weighted by molar-refractivity contribution is -0.145. The van der Waals surface area contributed by atoms with Crippen molar-refractivity contribution in [2.75, 3.05) is 27.4 Å². The van der Waals surface area contributed by atoms with Crippen LogP contribution in [0.3, 0.4) is 0 Å². The summed E-state index contributed by atoms with van der Waals surface area (Å²) in [6.45, 7) is 2.29. The van der Waals surface area contributed by atoms with Gasteiger partial charge in [0, 0.05) is 29.5 Å². The van der Waals surface area contributed by atoms with Crippen molar-refractivity contribution in [2.45, 2.75) is 70.1 Å². The van der Waals surface area contributed by atoms with Crippen LogP contribution >= 0.6 is 0 Å². The van der Waals surface area contributed by atoms with Crippen molar-refractivity contribution < 1.29 is 38.1 Å². The van der Waals surface area contributed by atoms with Crippen LogP contribution in [0.5, 0.6) is 11.5 Å². The number of nitrogens with two attached hydrogens (primary N) is 1. The number of unbranched alkanes of at least 4 members (excludes halogenated alkanes) is 3. The summed E-state index contributed by atoms with van der Waals surface area (Å²) in [5.74, 6) is 0.0793. The number of amides is 3. The van der Waals surface area contributed by atoms with Gasteiger partial charge in [0.05, 0.1) is 44.5 Å². The number of hydrogen-bond acceptors (Lipinski definition) is 9. The van der Waals surface area contributed by atoms with Crippen LogP contribution in [0.15, 0.2) is 66.7 Å². The SMILES string of the molecule is CCOC(=O)[C@H]1C[C@H]1/C=C\CCCCCC(NC(=O)N1C[C@H](Oc2cc(-c3ccccc3)nc3cc(OC)ccc23)C[C@H]1C(N)=O)C(=O)OC.